The smallest absolute Gasteiger partial charge is 0.233 e. The fourth-order valence-corrected chi connectivity index (χ4v) is 0. The van der Waals surface area contributed by atoms with Gasteiger partial charge >= 0.3 is 0 Å². The molecule has 0 rings (SSSR count). The van der Waals surface area contributed by atoms with Gasteiger partial charge in [-0.15, -0.1) is 0 Å². The zero-order valence-electron chi connectivity index (χ0n) is 3.51. The minimum atomic E-state index is -1.33. The Labute approximate surface area is 37.6 Å². The Balaban J connectivity index is 0. The molecule has 0 atom stereocenters. The normalized spacial score (nSPS) is 5.00. The first-order valence-corrected chi connectivity index (χ1v) is 1.29. The molecule has 0 aliphatic carbocycles. The Hall–Kier alpha value is -0.505. The molecule has 0 amide bonds. The number of rotatable bonds is 0. The predicted molar refractivity (Wildman–Crippen MR) is 23.9 cm³/mol. The lowest BCUT2D eigenvalue weighted by molar-refractivity contribution is 0.220. The number of carboxylic acid groups (broad SMARTS) is 1. The highest BCUT2D eigenvalue weighted by Gasteiger charge is 1.66. The SMILES string of the molecule is CN.[B]C(=O)O. The molecular weight excluding hydrogens is 80.8 g/mol. The molecule has 3 N–H and O–H groups in total. The molecule has 34 valence electrons. The average Bonchev–Trinajstić information content (AvgIpc) is 1.41. The summed E-state index contributed by atoms with van der Waals surface area (Å²) >= 11 is 0. The highest BCUT2D eigenvalue weighted by Crippen LogP contribution is 1.41. The maximum atomic E-state index is 8.78. The van der Waals surface area contributed by atoms with Crippen molar-refractivity contribution in [2.75, 3.05) is 7.05 Å². The van der Waals surface area contributed by atoms with Crippen molar-refractivity contribution in [3.05, 3.63) is 0 Å². The summed E-state index contributed by atoms with van der Waals surface area (Å²) in [6.45, 7) is 0. The molecule has 0 aliphatic heterocycles. The van der Waals surface area contributed by atoms with Gasteiger partial charge in [0.2, 0.25) is 13.7 Å². The second-order valence-corrected chi connectivity index (χ2v) is 0.338. The second kappa shape index (κ2) is 8.82. The van der Waals surface area contributed by atoms with Gasteiger partial charge in [0.15, 0.2) is 0 Å². The lowest BCUT2D eigenvalue weighted by atomic mass is 10.2. The number of nitrogens with two attached hydrogens (primary N) is 1. The third kappa shape index (κ3) is 85.3. The molecule has 0 spiro atoms. The van der Waals surface area contributed by atoms with Crippen molar-refractivity contribution in [1.29, 1.82) is 0 Å². The van der Waals surface area contributed by atoms with Crippen molar-refractivity contribution >= 4 is 13.7 Å². The molecule has 6 heavy (non-hydrogen) atoms. The van der Waals surface area contributed by atoms with Gasteiger partial charge < -0.3 is 10.8 Å². The molecule has 0 saturated carbocycles. The van der Waals surface area contributed by atoms with Gasteiger partial charge in [0, 0.05) is 0 Å². The Bertz CT molecular complexity index is 34.5. The van der Waals surface area contributed by atoms with E-state index < -0.39 is 5.87 Å². The van der Waals surface area contributed by atoms with Crippen molar-refractivity contribution in [2.45, 2.75) is 0 Å². The summed E-state index contributed by atoms with van der Waals surface area (Å²) in [5, 5.41) is 7.19. The van der Waals surface area contributed by atoms with Crippen LogP contribution in [0.3, 0.4) is 0 Å². The molecule has 0 heterocycles. The van der Waals surface area contributed by atoms with Crippen LogP contribution in [0.4, 0.5) is 4.79 Å². The number of hydrogen-bond acceptors (Lipinski definition) is 2. The second-order valence-electron chi connectivity index (χ2n) is 0.338. The molecule has 0 aromatic carbocycles. The van der Waals surface area contributed by atoms with Crippen LogP contribution >= 0.6 is 0 Å². The quantitative estimate of drug-likeness (QED) is 0.388. The summed E-state index contributed by atoms with van der Waals surface area (Å²) in [6, 6.07) is 0. The van der Waals surface area contributed by atoms with Crippen LogP contribution in [0.25, 0.3) is 0 Å². The molecule has 0 fully saturated rings. The first kappa shape index (κ1) is 9.09. The van der Waals surface area contributed by atoms with Gasteiger partial charge in [0.1, 0.15) is 0 Å². The topological polar surface area (TPSA) is 63.3 Å². The van der Waals surface area contributed by atoms with Gasteiger partial charge in [-0.1, -0.05) is 0 Å². The van der Waals surface area contributed by atoms with Crippen LogP contribution in [0.1, 0.15) is 0 Å². The van der Waals surface area contributed by atoms with Crippen LogP contribution in [-0.4, -0.2) is 25.9 Å². The fourth-order valence-electron chi connectivity index (χ4n) is 0. The predicted octanol–water partition coefficient (Wildman–Crippen LogP) is -0.592. The Morgan fingerprint density at radius 2 is 1.83 bits per heavy atom. The van der Waals surface area contributed by atoms with E-state index in [9.17, 15) is 0 Å². The van der Waals surface area contributed by atoms with Crippen molar-refractivity contribution in [3.63, 3.8) is 0 Å². The highest BCUT2D eigenvalue weighted by molar-refractivity contribution is 6.54. The molecular formula is C2H6BNO2. The number of carbonyl (C=O) groups is 1. The van der Waals surface area contributed by atoms with Gasteiger partial charge in [0.05, 0.1) is 0 Å². The average molecular weight is 86.9 g/mol. The maximum absolute atomic E-state index is 8.78. The largest absolute Gasteiger partial charge is 0.490 e. The van der Waals surface area contributed by atoms with Crippen molar-refractivity contribution in [1.82, 2.24) is 0 Å². The Morgan fingerprint density at radius 3 is 1.83 bits per heavy atom. The molecule has 0 bridgehead atoms. The van der Waals surface area contributed by atoms with E-state index in [0.29, 0.717) is 0 Å². The van der Waals surface area contributed by atoms with Crippen LogP contribution in [0, 0.1) is 0 Å². The molecule has 2 radical (unpaired) electrons. The van der Waals surface area contributed by atoms with Crippen LogP contribution < -0.4 is 5.73 Å². The summed E-state index contributed by atoms with van der Waals surface area (Å²) in [4.78, 5) is 8.78. The van der Waals surface area contributed by atoms with Gasteiger partial charge in [-0.05, 0) is 7.05 Å². The fraction of sp³-hybridized carbons (Fsp3) is 0.500. The molecule has 0 aliphatic rings. The molecule has 0 unspecified atom stereocenters. The van der Waals surface area contributed by atoms with E-state index in [0.717, 1.165) is 0 Å². The first-order valence-electron chi connectivity index (χ1n) is 1.29. The maximum Gasteiger partial charge on any atom is 0.233 e. The third-order valence-corrected chi connectivity index (χ3v) is 0. The summed E-state index contributed by atoms with van der Waals surface area (Å²) in [6.07, 6.45) is 0. The molecule has 0 aromatic heterocycles. The summed E-state index contributed by atoms with van der Waals surface area (Å²) in [5.74, 6) is -1.33. The van der Waals surface area contributed by atoms with Crippen molar-refractivity contribution < 1.29 is 9.90 Å². The standard InChI is InChI=1S/CHBO2.CH5N/c2-1(3)4;1-2/h(H,3,4);2H2,1H3. The third-order valence-electron chi connectivity index (χ3n) is 0. The minimum absolute atomic E-state index is 1.33. The Morgan fingerprint density at radius 1 is 1.83 bits per heavy atom. The van der Waals surface area contributed by atoms with Gasteiger partial charge in [-0.25, -0.2) is 0 Å². The van der Waals surface area contributed by atoms with Crippen LogP contribution in [0.5, 0.6) is 0 Å². The monoisotopic (exact) mass is 87.0 g/mol. The van der Waals surface area contributed by atoms with Crippen LogP contribution in [0.15, 0.2) is 0 Å². The minimum Gasteiger partial charge on any atom is -0.490 e. The van der Waals surface area contributed by atoms with Crippen LogP contribution in [-0.2, 0) is 0 Å². The summed E-state index contributed by atoms with van der Waals surface area (Å²) in [7, 11) is 5.53. The summed E-state index contributed by atoms with van der Waals surface area (Å²) in [5.41, 5.74) is 4.50. The zero-order valence-corrected chi connectivity index (χ0v) is 3.51. The van der Waals surface area contributed by atoms with E-state index in [-0.39, 0.29) is 0 Å². The van der Waals surface area contributed by atoms with Crippen molar-refractivity contribution in [3.8, 4) is 0 Å². The lowest BCUT2D eigenvalue weighted by Crippen LogP contribution is -1.83. The van der Waals surface area contributed by atoms with E-state index in [1.165, 1.54) is 7.05 Å². The van der Waals surface area contributed by atoms with Gasteiger partial charge in [0.25, 0.3) is 0 Å². The van der Waals surface area contributed by atoms with Gasteiger partial charge in [-0.2, -0.15) is 0 Å². The van der Waals surface area contributed by atoms with E-state index in [2.05, 4.69) is 13.6 Å². The first-order chi connectivity index (χ1) is 2.73. The van der Waals surface area contributed by atoms with E-state index in [1.54, 1.807) is 0 Å². The van der Waals surface area contributed by atoms with E-state index in [4.69, 9.17) is 9.90 Å². The highest BCUT2D eigenvalue weighted by atomic mass is 16.4. The van der Waals surface area contributed by atoms with E-state index >= 15 is 0 Å². The van der Waals surface area contributed by atoms with Gasteiger partial charge in [-0.3, -0.25) is 4.79 Å². The Kier molecular flexibility index (Phi) is 13.4. The molecule has 4 heteroatoms. The van der Waals surface area contributed by atoms with E-state index in [1.807, 2.05) is 0 Å². The van der Waals surface area contributed by atoms with Crippen LogP contribution in [0.2, 0.25) is 0 Å². The zero-order chi connectivity index (χ0) is 5.58. The summed E-state index contributed by atoms with van der Waals surface area (Å²) < 4.78 is 0. The molecule has 3 nitrogen and oxygen atoms in total. The molecule has 0 saturated heterocycles. The molecule has 0 aromatic rings. The lowest BCUT2D eigenvalue weighted by Gasteiger charge is -1.59. The number of hydrogen-bond donors (Lipinski definition) is 2. The van der Waals surface area contributed by atoms with Crippen molar-refractivity contribution in [2.24, 2.45) is 5.73 Å².